The Bertz CT molecular complexity index is 433. The summed E-state index contributed by atoms with van der Waals surface area (Å²) in [6.45, 7) is 3.30. The first-order chi connectivity index (χ1) is 9.69. The summed E-state index contributed by atoms with van der Waals surface area (Å²) in [5.74, 6) is 2.25. The van der Waals surface area contributed by atoms with E-state index in [1.54, 1.807) is 11.8 Å². The summed E-state index contributed by atoms with van der Waals surface area (Å²) in [5, 5.41) is 25.4. The number of aromatic nitrogens is 2. The molecule has 0 aromatic carbocycles. The Balaban J connectivity index is 2.56. The minimum Gasteiger partial charge on any atom is -0.396 e. The Hall–Kier alpha value is -1.61. The molecule has 0 saturated carbocycles. The fraction of sp³-hybridized carbons (Fsp3) is 0.636. The highest BCUT2D eigenvalue weighted by molar-refractivity contribution is 7.99. The molecule has 0 aliphatic carbocycles. The molecule has 8 nitrogen and oxygen atoms in total. The minimum atomic E-state index is -0.503. The van der Waals surface area contributed by atoms with Gasteiger partial charge in [-0.25, -0.2) is 4.98 Å². The van der Waals surface area contributed by atoms with Crippen LogP contribution in [0.5, 0.6) is 0 Å². The second-order valence-corrected chi connectivity index (χ2v) is 5.06. The van der Waals surface area contributed by atoms with Gasteiger partial charge in [-0.1, -0.05) is 0 Å². The zero-order valence-corrected chi connectivity index (χ0v) is 12.2. The number of anilines is 2. The molecule has 0 aliphatic rings. The summed E-state index contributed by atoms with van der Waals surface area (Å²) in [5.41, 5.74) is -0.132. The third-order valence-electron chi connectivity index (χ3n) is 2.29. The number of nitrogens with zero attached hydrogens (tertiary/aromatic N) is 3. The SMILES string of the molecule is CCNc1ncc([N+](=O)[O-])c(NCCSCCCO)n1. The highest BCUT2D eigenvalue weighted by atomic mass is 32.2. The number of thioether (sulfide) groups is 1. The molecular formula is C11H19N5O3S. The van der Waals surface area contributed by atoms with E-state index in [0.717, 1.165) is 17.9 Å². The van der Waals surface area contributed by atoms with Crippen molar-refractivity contribution in [3.63, 3.8) is 0 Å². The van der Waals surface area contributed by atoms with E-state index in [4.69, 9.17) is 5.11 Å². The molecule has 0 atom stereocenters. The van der Waals surface area contributed by atoms with Crippen molar-refractivity contribution in [3.05, 3.63) is 16.3 Å². The Kier molecular flexibility index (Phi) is 7.66. The molecule has 0 fully saturated rings. The maximum Gasteiger partial charge on any atom is 0.329 e. The lowest BCUT2D eigenvalue weighted by atomic mass is 10.4. The van der Waals surface area contributed by atoms with Gasteiger partial charge >= 0.3 is 5.69 Å². The number of nitro groups is 1. The molecular weight excluding hydrogens is 282 g/mol. The number of hydrogen-bond donors (Lipinski definition) is 3. The van der Waals surface area contributed by atoms with Crippen molar-refractivity contribution >= 4 is 29.2 Å². The maximum absolute atomic E-state index is 10.9. The molecule has 3 N–H and O–H groups in total. The molecule has 1 heterocycles. The number of aliphatic hydroxyl groups excluding tert-OH is 1. The smallest absolute Gasteiger partial charge is 0.329 e. The predicted molar refractivity (Wildman–Crippen MR) is 80.4 cm³/mol. The number of hydrogen-bond acceptors (Lipinski definition) is 8. The van der Waals surface area contributed by atoms with E-state index in [1.807, 2.05) is 6.92 Å². The van der Waals surface area contributed by atoms with Gasteiger partial charge in [0.15, 0.2) is 0 Å². The summed E-state index contributed by atoms with van der Waals surface area (Å²) in [7, 11) is 0. The summed E-state index contributed by atoms with van der Waals surface area (Å²) < 4.78 is 0. The summed E-state index contributed by atoms with van der Waals surface area (Å²) in [6.07, 6.45) is 1.95. The third-order valence-corrected chi connectivity index (χ3v) is 3.36. The normalized spacial score (nSPS) is 10.3. The first kappa shape index (κ1) is 16.4. The molecule has 0 radical (unpaired) electrons. The van der Waals surface area contributed by atoms with Crippen molar-refractivity contribution in [2.45, 2.75) is 13.3 Å². The standard InChI is InChI=1S/C11H19N5O3S/c1-2-12-11-14-8-9(16(18)19)10(15-11)13-4-7-20-6-3-5-17/h8,17H,2-7H2,1H3,(H2,12,13,14,15). The van der Waals surface area contributed by atoms with E-state index in [9.17, 15) is 10.1 Å². The number of aliphatic hydroxyl groups is 1. The van der Waals surface area contributed by atoms with Gasteiger partial charge in [-0.05, 0) is 19.1 Å². The molecule has 1 aromatic rings. The first-order valence-electron chi connectivity index (χ1n) is 6.36. The molecule has 0 spiro atoms. The van der Waals surface area contributed by atoms with Crippen LogP contribution in [0.25, 0.3) is 0 Å². The second kappa shape index (κ2) is 9.32. The highest BCUT2D eigenvalue weighted by Crippen LogP contribution is 2.21. The van der Waals surface area contributed by atoms with Crippen molar-refractivity contribution in [1.82, 2.24) is 9.97 Å². The zero-order valence-electron chi connectivity index (χ0n) is 11.3. The quantitative estimate of drug-likeness (QED) is 0.337. The molecule has 0 bridgehead atoms. The van der Waals surface area contributed by atoms with Gasteiger partial charge in [0.25, 0.3) is 0 Å². The Morgan fingerprint density at radius 3 is 2.90 bits per heavy atom. The number of rotatable bonds is 10. The topological polar surface area (TPSA) is 113 Å². The van der Waals surface area contributed by atoms with Crippen LogP contribution < -0.4 is 10.6 Å². The molecule has 0 aliphatic heterocycles. The van der Waals surface area contributed by atoms with Gasteiger partial charge < -0.3 is 15.7 Å². The van der Waals surface area contributed by atoms with Crippen LogP contribution in [-0.4, -0.2) is 51.2 Å². The molecule has 9 heteroatoms. The number of nitrogens with one attached hydrogen (secondary N) is 2. The van der Waals surface area contributed by atoms with Crippen molar-refractivity contribution in [3.8, 4) is 0 Å². The average molecular weight is 301 g/mol. The fourth-order valence-corrected chi connectivity index (χ4v) is 2.18. The van der Waals surface area contributed by atoms with Gasteiger partial charge in [0.1, 0.15) is 6.20 Å². The summed E-state index contributed by atoms with van der Waals surface area (Å²) in [6, 6.07) is 0. The molecule has 0 saturated heterocycles. The van der Waals surface area contributed by atoms with Gasteiger partial charge in [-0.2, -0.15) is 16.7 Å². The van der Waals surface area contributed by atoms with Crippen LogP contribution in [0.2, 0.25) is 0 Å². The van der Waals surface area contributed by atoms with Gasteiger partial charge in [-0.15, -0.1) is 0 Å². The lowest BCUT2D eigenvalue weighted by Gasteiger charge is -2.08. The maximum atomic E-state index is 10.9. The highest BCUT2D eigenvalue weighted by Gasteiger charge is 2.16. The van der Waals surface area contributed by atoms with Crippen molar-refractivity contribution in [2.24, 2.45) is 0 Å². The summed E-state index contributed by atoms with van der Waals surface area (Å²) in [4.78, 5) is 18.4. The van der Waals surface area contributed by atoms with E-state index < -0.39 is 4.92 Å². The van der Waals surface area contributed by atoms with Crippen molar-refractivity contribution in [1.29, 1.82) is 0 Å². The van der Waals surface area contributed by atoms with Crippen LogP contribution in [0, 0.1) is 10.1 Å². The van der Waals surface area contributed by atoms with Crippen molar-refractivity contribution in [2.75, 3.05) is 41.8 Å². The van der Waals surface area contributed by atoms with Crippen LogP contribution in [0.1, 0.15) is 13.3 Å². The van der Waals surface area contributed by atoms with E-state index in [-0.39, 0.29) is 18.1 Å². The van der Waals surface area contributed by atoms with Crippen LogP contribution in [0.3, 0.4) is 0 Å². The second-order valence-electron chi connectivity index (χ2n) is 3.83. The minimum absolute atomic E-state index is 0.132. The van der Waals surface area contributed by atoms with Crippen LogP contribution in [-0.2, 0) is 0 Å². The van der Waals surface area contributed by atoms with E-state index in [0.29, 0.717) is 19.0 Å². The van der Waals surface area contributed by atoms with E-state index in [2.05, 4.69) is 20.6 Å². The molecule has 0 amide bonds. The van der Waals surface area contributed by atoms with Gasteiger partial charge in [0, 0.05) is 25.4 Å². The van der Waals surface area contributed by atoms with E-state index in [1.165, 1.54) is 6.20 Å². The van der Waals surface area contributed by atoms with E-state index >= 15 is 0 Å². The monoisotopic (exact) mass is 301 g/mol. The predicted octanol–water partition coefficient (Wildman–Crippen LogP) is 1.34. The van der Waals surface area contributed by atoms with Gasteiger partial charge in [0.2, 0.25) is 11.8 Å². The van der Waals surface area contributed by atoms with Crippen molar-refractivity contribution < 1.29 is 10.0 Å². The lowest BCUT2D eigenvalue weighted by Crippen LogP contribution is -2.11. The van der Waals surface area contributed by atoms with Gasteiger partial charge in [-0.3, -0.25) is 10.1 Å². The Morgan fingerprint density at radius 1 is 1.45 bits per heavy atom. The third kappa shape index (κ3) is 5.57. The first-order valence-corrected chi connectivity index (χ1v) is 7.52. The molecule has 1 rings (SSSR count). The van der Waals surface area contributed by atoms with Crippen LogP contribution in [0.4, 0.5) is 17.5 Å². The Labute approximate surface area is 121 Å². The molecule has 112 valence electrons. The molecule has 20 heavy (non-hydrogen) atoms. The average Bonchev–Trinajstić information content (AvgIpc) is 2.43. The zero-order chi connectivity index (χ0) is 14.8. The fourth-order valence-electron chi connectivity index (χ4n) is 1.39. The van der Waals surface area contributed by atoms with Gasteiger partial charge in [0.05, 0.1) is 4.92 Å². The van der Waals surface area contributed by atoms with Crippen LogP contribution in [0.15, 0.2) is 6.20 Å². The molecule has 1 aromatic heterocycles. The molecule has 0 unspecified atom stereocenters. The largest absolute Gasteiger partial charge is 0.396 e. The van der Waals surface area contributed by atoms with Crippen LogP contribution >= 0.6 is 11.8 Å². The Morgan fingerprint density at radius 2 is 2.25 bits per heavy atom. The summed E-state index contributed by atoms with van der Waals surface area (Å²) >= 11 is 1.67. The lowest BCUT2D eigenvalue weighted by molar-refractivity contribution is -0.384.